The Morgan fingerprint density at radius 1 is 0.674 bits per heavy atom. The molecular weight excluding hydrogens is 1160 g/mol. The molecule has 7 rings (SSSR count). The number of nitrogens with one attached hydrogen (secondary N) is 4. The van der Waals surface area contributed by atoms with Gasteiger partial charge in [-0.05, 0) is 103 Å². The quantitative estimate of drug-likeness (QED) is 0.0195. The lowest BCUT2D eigenvalue weighted by molar-refractivity contribution is -0.140. The van der Waals surface area contributed by atoms with Gasteiger partial charge in [-0.1, -0.05) is 50.2 Å². The number of hydrogen-bond acceptors (Lipinski definition) is 17. The summed E-state index contributed by atoms with van der Waals surface area (Å²) in [5, 5.41) is 40.9. The fraction of sp³-hybridized carbons (Fsp3) is 0.438. The van der Waals surface area contributed by atoms with Crippen LogP contribution in [0.15, 0.2) is 97.1 Å². The van der Waals surface area contributed by atoms with Gasteiger partial charge in [-0.15, -0.1) is 0 Å². The standard InChI is InChI=1S/C64H77FN6O18/c1-41(2)59-58(56(42-8-4-3-5-9-42)60(43-13-15-44(65)16-14-43)70(59)26-23-46(72)38-47(73)39-55(77)78)62(80)68-45-17-19-48(20-18-45)88-37-36-87-35-34-86-33-32-85-31-30-84-29-28-83-27-25-67-52(74)12-7-24-66-54(76)40-89-51-11-6-10-49-57(51)64(82)71(63(49)81)50-21-22-53(75)69-61(50)79/h3-6,8-11,13-20,41,46-47,50,72-73H,7,12,21-40H2,1-2H3,(H,66,76)(H,67,74)(H,68,80)(H,77,78)(H,69,75,79)/t46-,47-,50?/m1/s1. The molecule has 1 aromatic heterocycles. The lowest BCUT2D eigenvalue weighted by atomic mass is 9.94. The van der Waals surface area contributed by atoms with Gasteiger partial charge >= 0.3 is 5.97 Å². The minimum atomic E-state index is -1.24. The van der Waals surface area contributed by atoms with Gasteiger partial charge in [0.15, 0.2) is 6.61 Å². The van der Waals surface area contributed by atoms with Gasteiger partial charge in [0.05, 0.1) is 107 Å². The van der Waals surface area contributed by atoms with Crippen LogP contribution in [-0.2, 0) is 54.2 Å². The predicted molar refractivity (Wildman–Crippen MR) is 321 cm³/mol. The number of aromatic nitrogens is 1. The van der Waals surface area contributed by atoms with Crippen molar-refractivity contribution in [3.63, 3.8) is 0 Å². The van der Waals surface area contributed by atoms with Crippen LogP contribution in [0.1, 0.15) is 101 Å². The molecule has 1 unspecified atom stereocenters. The van der Waals surface area contributed by atoms with E-state index in [0.717, 1.165) is 10.5 Å². The second-order valence-electron chi connectivity index (χ2n) is 21.2. The number of carbonyl (C=O) groups is 8. The van der Waals surface area contributed by atoms with E-state index in [1.54, 1.807) is 36.4 Å². The SMILES string of the molecule is CC(C)c1c(C(=O)Nc2ccc(OCCOCCOCCOCCOCCOCCNC(=O)CCCNC(=O)COc3cccc4c3C(=O)N(C3CCC(=O)NC3=O)C4=O)cc2)c(-c2ccccc2)c(-c2ccc(F)cc2)n1CC[C@@H](O)C[C@@H](O)CC(=O)O. The number of carbonyl (C=O) groups excluding carboxylic acids is 7. The number of piperidine rings is 1. The van der Waals surface area contributed by atoms with Gasteiger partial charge in [0.1, 0.15) is 30.0 Å². The molecule has 5 aromatic rings. The number of halogens is 1. The van der Waals surface area contributed by atoms with Crippen LogP contribution in [0.3, 0.4) is 0 Å². The number of benzene rings is 4. The second-order valence-corrected chi connectivity index (χ2v) is 21.2. The van der Waals surface area contributed by atoms with E-state index < -0.39 is 72.6 Å². The lowest BCUT2D eigenvalue weighted by Gasteiger charge is -2.27. The average molecular weight is 1240 g/mol. The predicted octanol–water partition coefficient (Wildman–Crippen LogP) is 5.27. The number of fused-ring (bicyclic) bond motifs is 1. The third-order valence-electron chi connectivity index (χ3n) is 14.3. The van der Waals surface area contributed by atoms with Crippen LogP contribution in [0.5, 0.6) is 11.5 Å². The molecule has 0 bridgehead atoms. The molecule has 0 spiro atoms. The molecule has 24 nitrogen and oxygen atoms in total. The average Bonchev–Trinajstić information content (AvgIpc) is 1.63. The summed E-state index contributed by atoms with van der Waals surface area (Å²) in [7, 11) is 0. The molecule has 1 saturated heterocycles. The number of amides is 7. The van der Waals surface area contributed by atoms with Crippen molar-refractivity contribution in [2.75, 3.05) is 97.7 Å². The highest BCUT2D eigenvalue weighted by Crippen LogP contribution is 2.43. The van der Waals surface area contributed by atoms with E-state index in [-0.39, 0.29) is 99.6 Å². The van der Waals surface area contributed by atoms with Gasteiger partial charge in [-0.3, -0.25) is 48.6 Å². The van der Waals surface area contributed by atoms with E-state index in [9.17, 15) is 53.0 Å². The Balaban J connectivity index is 0.700. The number of aliphatic hydroxyl groups is 2. The first-order chi connectivity index (χ1) is 43.0. The first-order valence-electron chi connectivity index (χ1n) is 29.6. The Hall–Kier alpha value is -8.43. The number of carboxylic acids is 1. The number of hydrogen-bond donors (Lipinski definition) is 7. The normalized spacial score (nSPS) is 14.5. The number of imide groups is 2. The topological polar surface area (TPSA) is 318 Å². The third-order valence-corrected chi connectivity index (χ3v) is 14.3. The summed E-state index contributed by atoms with van der Waals surface area (Å²) in [5.41, 5.74) is 4.20. The van der Waals surface area contributed by atoms with E-state index in [4.69, 9.17) is 38.3 Å². The molecule has 7 amide bonds. The van der Waals surface area contributed by atoms with Crippen LogP contribution in [0.4, 0.5) is 10.1 Å². The van der Waals surface area contributed by atoms with E-state index in [0.29, 0.717) is 105 Å². The fourth-order valence-electron chi connectivity index (χ4n) is 10.1. The largest absolute Gasteiger partial charge is 0.491 e. The zero-order chi connectivity index (χ0) is 63.7. The smallest absolute Gasteiger partial charge is 0.305 e. The van der Waals surface area contributed by atoms with Gasteiger partial charge in [0.25, 0.3) is 23.6 Å². The fourth-order valence-corrected chi connectivity index (χ4v) is 10.1. The lowest BCUT2D eigenvalue weighted by Crippen LogP contribution is -2.54. The summed E-state index contributed by atoms with van der Waals surface area (Å²) >= 11 is 0. The monoisotopic (exact) mass is 1240 g/mol. The van der Waals surface area contributed by atoms with Gasteiger partial charge in [-0.25, -0.2) is 4.39 Å². The molecule has 0 aliphatic carbocycles. The number of rotatable bonds is 39. The number of aliphatic carboxylic acids is 1. The van der Waals surface area contributed by atoms with Crippen LogP contribution >= 0.6 is 0 Å². The summed E-state index contributed by atoms with van der Waals surface area (Å²) in [6.07, 6.45) is -2.30. The first kappa shape index (κ1) is 68.1. The Morgan fingerprint density at radius 3 is 1.93 bits per heavy atom. The molecule has 2 aliphatic heterocycles. The van der Waals surface area contributed by atoms with Crippen molar-refractivity contribution in [3.8, 4) is 33.9 Å². The van der Waals surface area contributed by atoms with Gasteiger partial charge in [-0.2, -0.15) is 0 Å². The molecule has 0 radical (unpaired) electrons. The molecule has 4 aromatic carbocycles. The van der Waals surface area contributed by atoms with Crippen molar-refractivity contribution in [1.29, 1.82) is 0 Å². The Kier molecular flexibility index (Phi) is 26.7. The summed E-state index contributed by atoms with van der Waals surface area (Å²) < 4.78 is 55.5. The minimum Gasteiger partial charge on any atom is -0.491 e. The Labute approximate surface area is 514 Å². The number of nitrogens with zero attached hydrogens (tertiary/aromatic N) is 2. The first-order valence-corrected chi connectivity index (χ1v) is 29.6. The van der Waals surface area contributed by atoms with Crippen LogP contribution in [0, 0.1) is 5.82 Å². The van der Waals surface area contributed by atoms with E-state index in [2.05, 4.69) is 21.3 Å². The molecule has 25 heteroatoms. The maximum atomic E-state index is 14.6. The highest BCUT2D eigenvalue weighted by Gasteiger charge is 2.46. The third kappa shape index (κ3) is 20.3. The number of aliphatic hydroxyl groups excluding tert-OH is 2. The van der Waals surface area contributed by atoms with Crippen LogP contribution in [-0.4, -0.2) is 183 Å². The van der Waals surface area contributed by atoms with Crippen molar-refractivity contribution in [1.82, 2.24) is 25.4 Å². The highest BCUT2D eigenvalue weighted by atomic mass is 19.1. The molecule has 478 valence electrons. The minimum absolute atomic E-state index is 0.00361. The van der Waals surface area contributed by atoms with Crippen molar-refractivity contribution in [2.24, 2.45) is 0 Å². The van der Waals surface area contributed by atoms with E-state index in [1.807, 2.05) is 48.7 Å². The van der Waals surface area contributed by atoms with Crippen molar-refractivity contribution in [2.45, 2.75) is 89.5 Å². The van der Waals surface area contributed by atoms with Crippen molar-refractivity contribution >= 4 is 53.0 Å². The van der Waals surface area contributed by atoms with Crippen LogP contribution in [0.2, 0.25) is 0 Å². The van der Waals surface area contributed by atoms with Gasteiger partial charge < -0.3 is 69.0 Å². The maximum absolute atomic E-state index is 14.6. The zero-order valence-corrected chi connectivity index (χ0v) is 49.8. The molecule has 3 heterocycles. The molecule has 0 saturated carbocycles. The molecular formula is C64H77FN6O18. The summed E-state index contributed by atoms with van der Waals surface area (Å²) in [6, 6.07) is 25.5. The highest BCUT2D eigenvalue weighted by molar-refractivity contribution is 6.24. The van der Waals surface area contributed by atoms with Gasteiger partial charge in [0, 0.05) is 49.4 Å². The molecule has 3 atom stereocenters. The summed E-state index contributed by atoms with van der Waals surface area (Å²) in [4.78, 5) is 102. The van der Waals surface area contributed by atoms with Crippen molar-refractivity contribution in [3.05, 3.63) is 125 Å². The van der Waals surface area contributed by atoms with Gasteiger partial charge in [0.2, 0.25) is 17.7 Å². The molecule has 7 N–H and O–H groups in total. The van der Waals surface area contributed by atoms with E-state index >= 15 is 0 Å². The van der Waals surface area contributed by atoms with Crippen molar-refractivity contribution < 1.29 is 91.2 Å². The number of anilines is 1. The zero-order valence-electron chi connectivity index (χ0n) is 49.8. The summed E-state index contributed by atoms with van der Waals surface area (Å²) in [5.74, 6) is -5.02. The van der Waals surface area contributed by atoms with Crippen LogP contribution in [0.25, 0.3) is 22.4 Å². The molecule has 2 aliphatic rings. The molecule has 89 heavy (non-hydrogen) atoms. The second kappa shape index (κ2) is 34.9. The summed E-state index contributed by atoms with van der Waals surface area (Å²) in [6.45, 7) is 7.80. The molecule has 1 fully saturated rings. The maximum Gasteiger partial charge on any atom is 0.305 e. The number of ether oxygens (including phenoxy) is 7. The Morgan fingerprint density at radius 2 is 1.30 bits per heavy atom. The van der Waals surface area contributed by atoms with E-state index in [1.165, 1.54) is 30.3 Å². The van der Waals surface area contributed by atoms with Crippen LogP contribution < -0.4 is 30.7 Å². The number of carboxylic acid groups (broad SMARTS) is 1. The Bertz CT molecular complexity index is 3200.